The molecule has 4 rings (SSSR count). The number of benzene rings is 2. The lowest BCUT2D eigenvalue weighted by molar-refractivity contribution is 0.349. The third kappa shape index (κ3) is 2.66. The van der Waals surface area contributed by atoms with E-state index in [2.05, 4.69) is 42.6 Å². The van der Waals surface area contributed by atoms with Gasteiger partial charge in [-0.25, -0.2) is 0 Å². The fourth-order valence-corrected chi connectivity index (χ4v) is 4.15. The molecule has 2 atom stereocenters. The van der Waals surface area contributed by atoms with E-state index in [-0.39, 0.29) is 12.4 Å². The Labute approximate surface area is 149 Å². The smallest absolute Gasteiger partial charge is 0.161 e. The summed E-state index contributed by atoms with van der Waals surface area (Å²) in [5, 5.41) is 3.73. The number of ether oxygens (including phenoxy) is 2. The molecule has 2 aromatic rings. The lowest BCUT2D eigenvalue weighted by Crippen LogP contribution is -2.42. The van der Waals surface area contributed by atoms with Crippen molar-refractivity contribution in [3.63, 3.8) is 0 Å². The van der Waals surface area contributed by atoms with Gasteiger partial charge in [0.15, 0.2) is 11.5 Å². The number of hydrogen-bond donors (Lipinski definition) is 1. The van der Waals surface area contributed by atoms with Gasteiger partial charge in [0, 0.05) is 18.5 Å². The second-order valence-corrected chi connectivity index (χ2v) is 6.61. The van der Waals surface area contributed by atoms with Crippen LogP contribution in [-0.4, -0.2) is 20.3 Å². The standard InChI is InChI=1S/C20H23NO2.ClH/c1-12-4-5-14-11-21-17-7-6-13-9-18(22-2)19(23-3)10-16(13)20(17)15(14)8-12;/h4-5,8-10,17,20-21H,6-7,11H2,1-3H3;1H. The van der Waals surface area contributed by atoms with Crippen molar-refractivity contribution in [2.45, 2.75) is 38.3 Å². The van der Waals surface area contributed by atoms with Gasteiger partial charge in [-0.05, 0) is 54.2 Å². The Morgan fingerprint density at radius 3 is 2.42 bits per heavy atom. The molecule has 0 bridgehead atoms. The first-order valence-electron chi connectivity index (χ1n) is 8.29. The summed E-state index contributed by atoms with van der Waals surface area (Å²) in [5.41, 5.74) is 7.00. The first-order valence-corrected chi connectivity index (χ1v) is 8.29. The third-order valence-corrected chi connectivity index (χ3v) is 5.30. The van der Waals surface area contributed by atoms with E-state index < -0.39 is 0 Å². The second kappa shape index (κ2) is 6.66. The van der Waals surface area contributed by atoms with Gasteiger partial charge in [0.25, 0.3) is 0 Å². The summed E-state index contributed by atoms with van der Waals surface area (Å²) in [6.45, 7) is 3.15. The zero-order chi connectivity index (χ0) is 16.0. The predicted octanol–water partition coefficient (Wildman–Crippen LogP) is 3.98. The van der Waals surface area contributed by atoms with Gasteiger partial charge in [0.2, 0.25) is 0 Å². The lowest BCUT2D eigenvalue weighted by atomic mass is 9.72. The summed E-state index contributed by atoms with van der Waals surface area (Å²) in [7, 11) is 3.42. The molecule has 3 nitrogen and oxygen atoms in total. The van der Waals surface area contributed by atoms with Crippen molar-refractivity contribution in [2.75, 3.05) is 14.2 Å². The van der Waals surface area contributed by atoms with E-state index in [9.17, 15) is 0 Å². The molecule has 2 unspecified atom stereocenters. The van der Waals surface area contributed by atoms with Crippen LogP contribution < -0.4 is 14.8 Å². The monoisotopic (exact) mass is 345 g/mol. The van der Waals surface area contributed by atoms with Crippen LogP contribution in [0.1, 0.15) is 40.2 Å². The number of methoxy groups -OCH3 is 2. The molecule has 0 fully saturated rings. The summed E-state index contributed by atoms with van der Waals surface area (Å²) in [6, 6.07) is 11.7. The second-order valence-electron chi connectivity index (χ2n) is 6.61. The molecule has 2 aromatic carbocycles. The zero-order valence-corrected chi connectivity index (χ0v) is 15.2. The number of nitrogens with one attached hydrogen (secondary N) is 1. The number of hydrogen-bond acceptors (Lipinski definition) is 3. The first kappa shape index (κ1) is 17.1. The molecule has 1 heterocycles. The van der Waals surface area contributed by atoms with Crippen molar-refractivity contribution < 1.29 is 9.47 Å². The van der Waals surface area contributed by atoms with Gasteiger partial charge in [0.05, 0.1) is 14.2 Å². The van der Waals surface area contributed by atoms with Crippen LogP contribution >= 0.6 is 12.4 Å². The largest absolute Gasteiger partial charge is 0.493 e. The molecular weight excluding hydrogens is 322 g/mol. The average Bonchev–Trinajstić information content (AvgIpc) is 2.59. The Morgan fingerprint density at radius 2 is 1.67 bits per heavy atom. The van der Waals surface area contributed by atoms with Crippen LogP contribution in [-0.2, 0) is 13.0 Å². The molecule has 2 aliphatic rings. The number of fused-ring (bicyclic) bond motifs is 5. The molecule has 0 spiro atoms. The van der Waals surface area contributed by atoms with Gasteiger partial charge in [-0.3, -0.25) is 0 Å². The van der Waals surface area contributed by atoms with E-state index in [0.717, 1.165) is 24.5 Å². The summed E-state index contributed by atoms with van der Waals surface area (Å²) in [6.07, 6.45) is 2.26. The van der Waals surface area contributed by atoms with Crippen LogP contribution in [0, 0.1) is 6.92 Å². The Hall–Kier alpha value is -1.71. The Morgan fingerprint density at radius 1 is 0.958 bits per heavy atom. The van der Waals surface area contributed by atoms with Gasteiger partial charge < -0.3 is 14.8 Å². The molecular formula is C20H24ClNO2. The fourth-order valence-electron chi connectivity index (χ4n) is 4.15. The highest BCUT2D eigenvalue weighted by Gasteiger charge is 2.35. The third-order valence-electron chi connectivity index (χ3n) is 5.30. The quantitative estimate of drug-likeness (QED) is 0.893. The molecule has 0 radical (unpaired) electrons. The van der Waals surface area contributed by atoms with Crippen molar-refractivity contribution in [3.8, 4) is 11.5 Å². The highest BCUT2D eigenvalue weighted by molar-refractivity contribution is 5.85. The molecule has 24 heavy (non-hydrogen) atoms. The summed E-state index contributed by atoms with van der Waals surface area (Å²) in [4.78, 5) is 0. The minimum absolute atomic E-state index is 0. The van der Waals surface area contributed by atoms with Crippen molar-refractivity contribution in [1.82, 2.24) is 5.32 Å². The van der Waals surface area contributed by atoms with Crippen LogP contribution in [0.25, 0.3) is 0 Å². The number of halogens is 1. The van der Waals surface area contributed by atoms with Gasteiger partial charge in [0.1, 0.15) is 0 Å². The predicted molar refractivity (Wildman–Crippen MR) is 98.8 cm³/mol. The van der Waals surface area contributed by atoms with E-state index in [1.54, 1.807) is 14.2 Å². The minimum Gasteiger partial charge on any atom is -0.493 e. The Kier molecular flexibility index (Phi) is 4.75. The molecule has 1 aliphatic carbocycles. The maximum Gasteiger partial charge on any atom is 0.161 e. The maximum atomic E-state index is 5.55. The van der Waals surface area contributed by atoms with Crippen LogP contribution in [0.2, 0.25) is 0 Å². The van der Waals surface area contributed by atoms with Crippen molar-refractivity contribution in [2.24, 2.45) is 0 Å². The van der Waals surface area contributed by atoms with Gasteiger partial charge in [-0.15, -0.1) is 12.4 Å². The lowest BCUT2D eigenvalue weighted by Gasteiger charge is -2.40. The normalized spacial score (nSPS) is 21.0. The van der Waals surface area contributed by atoms with E-state index in [0.29, 0.717) is 12.0 Å². The summed E-state index contributed by atoms with van der Waals surface area (Å²) < 4.78 is 11.0. The van der Waals surface area contributed by atoms with Gasteiger partial charge in [-0.2, -0.15) is 0 Å². The number of aryl methyl sites for hydroxylation is 2. The number of rotatable bonds is 2. The molecule has 0 saturated heterocycles. The summed E-state index contributed by atoms with van der Waals surface area (Å²) >= 11 is 0. The first-order chi connectivity index (χ1) is 11.2. The topological polar surface area (TPSA) is 30.5 Å². The zero-order valence-electron chi connectivity index (χ0n) is 14.4. The van der Waals surface area contributed by atoms with Crippen LogP contribution in [0.15, 0.2) is 30.3 Å². The SMILES string of the molecule is COc1cc2c(cc1OC)C1c3cc(C)ccc3CNC1CC2.Cl. The molecule has 0 saturated carbocycles. The van der Waals surface area contributed by atoms with Crippen molar-refractivity contribution in [1.29, 1.82) is 0 Å². The maximum absolute atomic E-state index is 5.55. The van der Waals surface area contributed by atoms with Gasteiger partial charge in [-0.1, -0.05) is 23.8 Å². The van der Waals surface area contributed by atoms with Crippen LogP contribution in [0.3, 0.4) is 0 Å². The van der Waals surface area contributed by atoms with Gasteiger partial charge >= 0.3 is 0 Å². The Balaban J connectivity index is 0.00000169. The average molecular weight is 346 g/mol. The highest BCUT2D eigenvalue weighted by Crippen LogP contribution is 2.44. The van der Waals surface area contributed by atoms with E-state index >= 15 is 0 Å². The molecule has 0 amide bonds. The Bertz CT molecular complexity index is 760. The summed E-state index contributed by atoms with van der Waals surface area (Å²) in [5.74, 6) is 2.06. The van der Waals surface area contributed by atoms with E-state index in [1.807, 2.05) is 0 Å². The molecule has 1 aliphatic heterocycles. The molecule has 1 N–H and O–H groups in total. The molecule has 128 valence electrons. The van der Waals surface area contributed by atoms with E-state index in [4.69, 9.17) is 9.47 Å². The van der Waals surface area contributed by atoms with Crippen molar-refractivity contribution in [3.05, 3.63) is 58.1 Å². The van der Waals surface area contributed by atoms with E-state index in [1.165, 1.54) is 34.2 Å². The van der Waals surface area contributed by atoms with Crippen molar-refractivity contribution >= 4 is 12.4 Å². The minimum atomic E-state index is 0. The van der Waals surface area contributed by atoms with Crippen LogP contribution in [0.5, 0.6) is 11.5 Å². The molecule has 4 heteroatoms. The highest BCUT2D eigenvalue weighted by atomic mass is 35.5. The molecule has 0 aromatic heterocycles. The van der Waals surface area contributed by atoms with Crippen LogP contribution in [0.4, 0.5) is 0 Å². The fraction of sp³-hybridized carbons (Fsp3) is 0.400.